The number of nitrogens with zero attached hydrogens (tertiary/aromatic N) is 4. The van der Waals surface area contributed by atoms with E-state index < -0.39 is 0 Å². The molecule has 3 aromatic rings. The molecule has 1 aliphatic rings. The molecule has 4 rings (SSSR count). The van der Waals surface area contributed by atoms with E-state index in [2.05, 4.69) is 10.2 Å². The van der Waals surface area contributed by atoms with Gasteiger partial charge < -0.3 is 14.2 Å². The van der Waals surface area contributed by atoms with E-state index in [4.69, 9.17) is 19.3 Å². The van der Waals surface area contributed by atoms with Gasteiger partial charge in [0.1, 0.15) is 5.82 Å². The first-order valence-electron chi connectivity index (χ1n) is 8.37. The van der Waals surface area contributed by atoms with Gasteiger partial charge in [-0.25, -0.2) is 4.39 Å². The highest BCUT2D eigenvalue weighted by Gasteiger charge is 2.23. The maximum Gasteiger partial charge on any atom is 0.212 e. The second-order valence-corrected chi connectivity index (χ2v) is 6.82. The largest absolute Gasteiger partial charge is 0.493 e. The molecule has 0 atom stereocenters. The van der Waals surface area contributed by atoms with Crippen LogP contribution in [0.3, 0.4) is 0 Å². The summed E-state index contributed by atoms with van der Waals surface area (Å²) in [6.07, 6.45) is 0. The Balaban J connectivity index is 1.79. The van der Waals surface area contributed by atoms with Crippen LogP contribution in [0, 0.1) is 5.82 Å². The first-order valence-corrected chi connectivity index (χ1v) is 9.35. The van der Waals surface area contributed by atoms with Crippen LogP contribution in [0.25, 0.3) is 11.4 Å². The van der Waals surface area contributed by atoms with Crippen LogP contribution in [0.15, 0.2) is 46.7 Å². The van der Waals surface area contributed by atoms with Crippen molar-refractivity contribution in [3.8, 4) is 28.6 Å². The number of rotatable bonds is 5. The fourth-order valence-corrected chi connectivity index (χ4v) is 3.73. The van der Waals surface area contributed by atoms with Gasteiger partial charge in [0.2, 0.25) is 10.9 Å². The van der Waals surface area contributed by atoms with Gasteiger partial charge in [-0.15, -0.1) is 10.2 Å². The summed E-state index contributed by atoms with van der Waals surface area (Å²) in [4.78, 5) is 0. The van der Waals surface area contributed by atoms with Crippen molar-refractivity contribution < 1.29 is 18.6 Å². The van der Waals surface area contributed by atoms with E-state index in [1.54, 1.807) is 38.1 Å². The quantitative estimate of drug-likeness (QED) is 0.653. The van der Waals surface area contributed by atoms with Gasteiger partial charge in [0, 0.05) is 16.9 Å². The minimum absolute atomic E-state index is 0.307. The number of thioether (sulfide) groups is 1. The van der Waals surface area contributed by atoms with Crippen molar-refractivity contribution in [2.45, 2.75) is 5.16 Å². The predicted octanol–water partition coefficient (Wildman–Crippen LogP) is 3.47. The van der Waals surface area contributed by atoms with E-state index in [-0.39, 0.29) is 5.82 Å². The van der Waals surface area contributed by atoms with Gasteiger partial charge in [0.15, 0.2) is 17.3 Å². The lowest BCUT2D eigenvalue weighted by Gasteiger charge is -2.17. The molecule has 0 bridgehead atoms. The lowest BCUT2D eigenvalue weighted by atomic mass is 10.1. The van der Waals surface area contributed by atoms with E-state index >= 15 is 0 Å². The molecule has 0 saturated carbocycles. The van der Waals surface area contributed by atoms with Gasteiger partial charge >= 0.3 is 0 Å². The minimum atomic E-state index is -0.307. The van der Waals surface area contributed by atoms with Crippen LogP contribution in [0.1, 0.15) is 5.56 Å². The Morgan fingerprint density at radius 1 is 0.929 bits per heavy atom. The van der Waals surface area contributed by atoms with Crippen LogP contribution in [0.4, 0.5) is 4.39 Å². The Morgan fingerprint density at radius 2 is 1.61 bits per heavy atom. The summed E-state index contributed by atoms with van der Waals surface area (Å²) in [5.41, 5.74) is 2.38. The molecule has 0 fully saturated rings. The maximum absolute atomic E-state index is 13.2. The number of methoxy groups -OCH3 is 3. The molecule has 2 aromatic carbocycles. The molecule has 0 spiro atoms. The van der Waals surface area contributed by atoms with Crippen molar-refractivity contribution in [2.75, 3.05) is 27.1 Å². The van der Waals surface area contributed by atoms with Gasteiger partial charge in [-0.2, -0.15) is 9.78 Å². The molecule has 0 N–H and O–H groups in total. The third-order valence-corrected chi connectivity index (χ3v) is 5.20. The summed E-state index contributed by atoms with van der Waals surface area (Å²) in [5.74, 6) is 2.48. The lowest BCUT2D eigenvalue weighted by molar-refractivity contribution is 0.324. The van der Waals surface area contributed by atoms with Crippen LogP contribution >= 0.6 is 11.8 Å². The standard InChI is InChI=1S/C19H17FN4O3S/c1-25-15-8-12(9-16(26-2)17(15)27-3)14-10-28-19-22-21-18(24(19)23-14)11-4-6-13(20)7-5-11/h4-9H,10H2,1-3H3. The third kappa shape index (κ3) is 3.18. The topological polar surface area (TPSA) is 70.8 Å². The highest BCUT2D eigenvalue weighted by Crippen LogP contribution is 2.39. The molecule has 0 amide bonds. The highest BCUT2D eigenvalue weighted by atomic mass is 32.2. The molecule has 7 nitrogen and oxygen atoms in total. The van der Waals surface area contributed by atoms with Crippen molar-refractivity contribution in [3.63, 3.8) is 0 Å². The molecule has 9 heteroatoms. The molecule has 0 radical (unpaired) electrons. The Kier molecular flexibility index (Phi) is 4.91. The molecule has 1 aromatic heterocycles. The number of benzene rings is 2. The predicted molar refractivity (Wildman–Crippen MR) is 104 cm³/mol. The highest BCUT2D eigenvalue weighted by molar-refractivity contribution is 7.99. The van der Waals surface area contributed by atoms with Crippen molar-refractivity contribution >= 4 is 17.5 Å². The third-order valence-electron chi connectivity index (χ3n) is 4.27. The second kappa shape index (κ2) is 7.51. The molecule has 0 saturated heterocycles. The zero-order valence-electron chi connectivity index (χ0n) is 15.5. The van der Waals surface area contributed by atoms with Gasteiger partial charge in [-0.1, -0.05) is 11.8 Å². The number of hydrogen-bond donors (Lipinski definition) is 0. The molecular formula is C19H17FN4O3S. The SMILES string of the molecule is COc1cc(C2=Nn3c(nnc3-c3ccc(F)cc3)SC2)cc(OC)c1OC. The zero-order chi connectivity index (χ0) is 19.7. The normalized spacial score (nSPS) is 12.9. The van der Waals surface area contributed by atoms with E-state index in [9.17, 15) is 4.39 Å². The average molecular weight is 400 g/mol. The fourth-order valence-electron chi connectivity index (χ4n) is 2.90. The first-order chi connectivity index (χ1) is 13.6. The van der Waals surface area contributed by atoms with E-state index in [0.717, 1.165) is 16.8 Å². The number of fused-ring (bicyclic) bond motifs is 1. The monoisotopic (exact) mass is 400 g/mol. The average Bonchev–Trinajstić information content (AvgIpc) is 3.16. The van der Waals surface area contributed by atoms with Crippen molar-refractivity contribution in [2.24, 2.45) is 5.10 Å². The number of halogens is 1. The van der Waals surface area contributed by atoms with E-state index in [1.807, 2.05) is 12.1 Å². The molecule has 2 heterocycles. The summed E-state index contributed by atoms with van der Waals surface area (Å²) in [5, 5.41) is 13.8. The Bertz CT molecular complexity index is 1020. The minimum Gasteiger partial charge on any atom is -0.493 e. The molecular weight excluding hydrogens is 383 g/mol. The van der Waals surface area contributed by atoms with Crippen LogP contribution in [-0.2, 0) is 0 Å². The summed E-state index contributed by atoms with van der Waals surface area (Å²) in [6.45, 7) is 0. The van der Waals surface area contributed by atoms with Gasteiger partial charge in [-0.05, 0) is 36.4 Å². The van der Waals surface area contributed by atoms with E-state index in [1.165, 1.54) is 23.9 Å². The van der Waals surface area contributed by atoms with Crippen molar-refractivity contribution in [1.82, 2.24) is 14.9 Å². The fraction of sp³-hybridized carbons (Fsp3) is 0.211. The lowest BCUT2D eigenvalue weighted by Crippen LogP contribution is -2.14. The van der Waals surface area contributed by atoms with Gasteiger partial charge in [-0.3, -0.25) is 0 Å². The molecule has 0 unspecified atom stereocenters. The van der Waals surface area contributed by atoms with Crippen LogP contribution in [0.2, 0.25) is 0 Å². The number of aromatic nitrogens is 3. The molecule has 28 heavy (non-hydrogen) atoms. The summed E-state index contributed by atoms with van der Waals surface area (Å²) >= 11 is 1.52. The second-order valence-electron chi connectivity index (χ2n) is 5.87. The molecule has 1 aliphatic heterocycles. The van der Waals surface area contributed by atoms with Crippen LogP contribution < -0.4 is 14.2 Å². The first kappa shape index (κ1) is 18.3. The summed E-state index contributed by atoms with van der Waals surface area (Å²) < 4.78 is 31.2. The summed E-state index contributed by atoms with van der Waals surface area (Å²) in [7, 11) is 4.71. The van der Waals surface area contributed by atoms with Crippen LogP contribution in [0.5, 0.6) is 17.2 Å². The van der Waals surface area contributed by atoms with Gasteiger partial charge in [0.05, 0.1) is 27.0 Å². The molecule has 0 aliphatic carbocycles. The Hall–Kier alpha value is -3.07. The number of ether oxygens (including phenoxy) is 3. The summed E-state index contributed by atoms with van der Waals surface area (Å²) in [6, 6.07) is 9.79. The van der Waals surface area contributed by atoms with Crippen molar-refractivity contribution in [3.05, 3.63) is 47.8 Å². The Labute approximate surface area is 165 Å². The van der Waals surface area contributed by atoms with Crippen LogP contribution in [-0.4, -0.2) is 47.7 Å². The molecule has 144 valence electrons. The van der Waals surface area contributed by atoms with Crippen molar-refractivity contribution in [1.29, 1.82) is 0 Å². The smallest absolute Gasteiger partial charge is 0.212 e. The maximum atomic E-state index is 13.2. The van der Waals surface area contributed by atoms with E-state index in [0.29, 0.717) is 34.0 Å². The van der Waals surface area contributed by atoms with Gasteiger partial charge in [0.25, 0.3) is 0 Å². The zero-order valence-corrected chi connectivity index (χ0v) is 16.3. The number of hydrogen-bond acceptors (Lipinski definition) is 7. The Morgan fingerprint density at radius 3 is 2.21 bits per heavy atom.